The quantitative estimate of drug-likeness (QED) is 0.372. The van der Waals surface area contributed by atoms with E-state index in [1.54, 1.807) is 21.3 Å². The van der Waals surface area contributed by atoms with Crippen molar-refractivity contribution in [3.05, 3.63) is 18.0 Å². The summed E-state index contributed by atoms with van der Waals surface area (Å²) >= 11 is 0. The molecule has 0 amide bonds. The van der Waals surface area contributed by atoms with Gasteiger partial charge in [0, 0.05) is 152 Å². The summed E-state index contributed by atoms with van der Waals surface area (Å²) in [5.41, 5.74) is 10.5. The van der Waals surface area contributed by atoms with Crippen LogP contribution < -0.4 is 5.73 Å². The van der Waals surface area contributed by atoms with Crippen LogP contribution in [0.1, 0.15) is 29.7 Å². The summed E-state index contributed by atoms with van der Waals surface area (Å²) in [4.78, 5) is 0. The number of rotatable bonds is 7. The minimum absolute atomic E-state index is 0. The second-order valence-electron chi connectivity index (χ2n) is 3.16. The molecule has 0 heterocycles. The fourth-order valence-electron chi connectivity index (χ4n) is 0.776. The molecule has 0 saturated heterocycles. The first-order valence-electron chi connectivity index (χ1n) is 4.92. The summed E-state index contributed by atoms with van der Waals surface area (Å²) in [7, 11) is -0.250. The maximum atomic E-state index is 5.99. The molecule has 16 heteroatoms. The van der Waals surface area contributed by atoms with Crippen LogP contribution in [0.25, 0.3) is 18.0 Å². The Hall–Kier alpha value is 4.71. The van der Waals surface area contributed by atoms with Crippen molar-refractivity contribution in [2.75, 3.05) is 28.0 Å². The second kappa shape index (κ2) is 52.6. The van der Waals surface area contributed by atoms with Gasteiger partial charge in [0.2, 0.25) is 0 Å². The van der Waals surface area contributed by atoms with Crippen LogP contribution in [0, 0.1) is 0 Å². The van der Waals surface area contributed by atoms with Crippen LogP contribution in [0.5, 0.6) is 0 Å². The Morgan fingerprint density at radius 1 is 0.778 bits per heavy atom. The van der Waals surface area contributed by atoms with Gasteiger partial charge < -0.3 is 45.3 Å². The summed E-state index contributed by atoms with van der Waals surface area (Å²) in [6.07, 6.45) is 0. The molecule has 0 bridgehead atoms. The zero-order valence-electron chi connectivity index (χ0n) is 14.8. The molecule has 27 heavy (non-hydrogen) atoms. The zero-order valence-corrected chi connectivity index (χ0v) is 29.1. The Labute approximate surface area is 276 Å². The molecule has 0 aromatic heterocycles. The Morgan fingerprint density at radius 3 is 1.22 bits per heavy atom. The normalized spacial score (nSPS) is 7.33. The largest absolute Gasteiger partial charge is 0.693 e. The van der Waals surface area contributed by atoms with Gasteiger partial charge in [-0.25, -0.2) is 0 Å². The Morgan fingerprint density at radius 2 is 1.04 bits per heavy atom. The van der Waals surface area contributed by atoms with E-state index >= 15 is 0 Å². The fourth-order valence-corrected chi connectivity index (χ4v) is 6.86. The summed E-state index contributed by atoms with van der Waals surface area (Å²) in [6.45, 7) is 5.82. The first-order valence-corrected chi connectivity index (χ1v) is 10.8. The van der Waals surface area contributed by atoms with Crippen LogP contribution in [0.15, 0.2) is 0 Å². The number of hydrogen-bond donors (Lipinski definition) is 1. The van der Waals surface area contributed by atoms with Crippen molar-refractivity contribution in [3.8, 4) is 0 Å². The van der Waals surface area contributed by atoms with Gasteiger partial charge in [-0.15, -0.1) is 6.67 Å². The van der Waals surface area contributed by atoms with Crippen molar-refractivity contribution >= 4 is 27.4 Å². The van der Waals surface area contributed by atoms with Crippen molar-refractivity contribution in [2.45, 2.75) is 49.3 Å². The van der Waals surface area contributed by atoms with Gasteiger partial charge in [-0.05, 0) is 19.6 Å². The van der Waals surface area contributed by atoms with Crippen molar-refractivity contribution in [1.29, 1.82) is 0 Å². The number of hydrogen-bond acceptors (Lipinski definition) is 6. The van der Waals surface area contributed by atoms with Crippen LogP contribution in [-0.4, -0.2) is 55.4 Å². The Bertz CT molecular complexity index is 200. The summed E-state index contributed by atoms with van der Waals surface area (Å²) in [5, 5.41) is 0. The van der Waals surface area contributed by atoms with Crippen LogP contribution in [0.3, 0.4) is 0 Å². The molecule has 0 fully saturated rings. The molecular formula is C11H43N4O5Si3Y4-3. The van der Waals surface area contributed by atoms with E-state index in [9.17, 15) is 0 Å². The molecule has 7 N–H and O–H groups in total. The van der Waals surface area contributed by atoms with Crippen molar-refractivity contribution in [3.63, 3.8) is 0 Å². The second-order valence-corrected chi connectivity index (χ2v) is 10.3. The third kappa shape index (κ3) is 59.0. The maximum Gasteiger partial charge on any atom is 0.567 e. The smallest absolute Gasteiger partial charge is 0.567 e. The summed E-state index contributed by atoms with van der Waals surface area (Å²) < 4.78 is 26.5. The van der Waals surface area contributed by atoms with Crippen LogP contribution in [-0.2, 0) is 152 Å². The standard InChI is InChI=1S/C6H18O5Si3.CH5N2.4CH4.2H2N.4Y/c1-7-12(4)10-14(5,6)11-13(8-2)9-3;2-1-3;;;;;;;;;;/h1-6H3;2H,1,3H2;4*1H4;2*1H2;;;;/q;-1;;;;;2*-1;;;;. The topological polar surface area (TPSA) is 163 Å². The van der Waals surface area contributed by atoms with Crippen molar-refractivity contribution in [1.82, 2.24) is 0 Å². The molecular weight excluding hydrogens is 708 g/mol. The van der Waals surface area contributed by atoms with Crippen LogP contribution in [0.4, 0.5) is 0 Å². The van der Waals surface area contributed by atoms with E-state index in [0.717, 1.165) is 0 Å². The number of nitrogens with two attached hydrogens (primary N) is 3. The monoisotopic (exact) mass is 751 g/mol. The SMILES string of the molecule is C.C.C.C.CO[Si](C)O[Si](C)(C)O[Si](OC)OC.[NH-]CN.[NH2-].[NH2-].[Y].[Y].[Y].[Y]. The predicted molar refractivity (Wildman–Crippen MR) is 109 cm³/mol. The predicted octanol–water partition coefficient (Wildman–Crippen LogP) is 4.69. The van der Waals surface area contributed by atoms with E-state index in [4.69, 9.17) is 27.2 Å². The Kier molecular flexibility index (Phi) is 150. The maximum absolute atomic E-state index is 5.99. The molecule has 6 radical (unpaired) electrons. The molecule has 164 valence electrons. The van der Waals surface area contributed by atoms with Gasteiger partial charge in [0.25, 0.3) is 0 Å². The van der Waals surface area contributed by atoms with E-state index in [1.165, 1.54) is 0 Å². The first-order chi connectivity index (χ1) is 7.86. The Balaban J connectivity index is -0.0000000162. The van der Waals surface area contributed by atoms with Gasteiger partial charge in [0.05, 0.1) is 0 Å². The zero-order chi connectivity index (χ0) is 13.9. The van der Waals surface area contributed by atoms with E-state index in [0.29, 0.717) is 0 Å². The van der Waals surface area contributed by atoms with Gasteiger partial charge in [-0.2, -0.15) is 0 Å². The van der Waals surface area contributed by atoms with Crippen molar-refractivity contribution in [2.24, 2.45) is 5.73 Å². The molecule has 0 saturated carbocycles. The molecule has 0 aromatic carbocycles. The molecule has 0 aliphatic carbocycles. The van der Waals surface area contributed by atoms with Gasteiger partial charge in [-0.1, -0.05) is 29.7 Å². The van der Waals surface area contributed by atoms with Crippen LogP contribution >= 0.6 is 0 Å². The average Bonchev–Trinajstić information content (AvgIpc) is 2.26. The van der Waals surface area contributed by atoms with Crippen LogP contribution in [0.2, 0.25) is 19.6 Å². The van der Waals surface area contributed by atoms with Crippen molar-refractivity contribution < 1.29 is 152 Å². The minimum Gasteiger partial charge on any atom is -0.693 e. The van der Waals surface area contributed by atoms with Gasteiger partial charge in [-0.3, -0.25) is 0 Å². The molecule has 0 rings (SSSR count). The fraction of sp³-hybridized carbons (Fsp3) is 1.00. The van der Waals surface area contributed by atoms with E-state index in [-0.39, 0.29) is 180 Å². The molecule has 9 nitrogen and oxygen atoms in total. The summed E-state index contributed by atoms with van der Waals surface area (Å²) in [6, 6.07) is 0. The van der Waals surface area contributed by atoms with Gasteiger partial charge in [0.15, 0.2) is 0 Å². The van der Waals surface area contributed by atoms with E-state index in [1.807, 2.05) is 19.6 Å². The minimum atomic E-state index is -2.18. The molecule has 0 aliphatic heterocycles. The molecule has 0 aliphatic rings. The third-order valence-corrected chi connectivity index (χ3v) is 8.33. The number of nitrogens with one attached hydrogen (secondary N) is 1. The average molecular weight is 751 g/mol. The summed E-state index contributed by atoms with van der Waals surface area (Å²) in [5.74, 6) is 0. The molecule has 0 unspecified atom stereocenters. The first kappa shape index (κ1) is 77.0. The molecule has 0 spiro atoms. The van der Waals surface area contributed by atoms with E-state index in [2.05, 4.69) is 5.73 Å². The van der Waals surface area contributed by atoms with Gasteiger partial charge >= 0.3 is 27.4 Å². The van der Waals surface area contributed by atoms with Gasteiger partial charge in [0.1, 0.15) is 0 Å². The molecule has 0 aromatic rings. The van der Waals surface area contributed by atoms with E-state index < -0.39 is 27.4 Å². The molecule has 0 atom stereocenters. The third-order valence-electron chi connectivity index (χ3n) is 1.34.